The molecule has 2 saturated heterocycles. The Labute approximate surface area is 153 Å². The van der Waals surface area contributed by atoms with Crippen LogP contribution in [0, 0.1) is 0 Å². The number of hydrogen-bond donors (Lipinski definition) is 1. The summed E-state index contributed by atoms with van der Waals surface area (Å²) in [7, 11) is -2.35. The van der Waals surface area contributed by atoms with Gasteiger partial charge in [-0.25, -0.2) is 8.42 Å². The van der Waals surface area contributed by atoms with Crippen LogP contribution in [0.25, 0.3) is 0 Å². The zero-order chi connectivity index (χ0) is 18.7. The maximum Gasteiger partial charge on any atom is 0.253 e. The van der Waals surface area contributed by atoms with Crippen molar-refractivity contribution < 1.29 is 22.7 Å². The zero-order valence-electron chi connectivity index (χ0n) is 14.9. The number of benzene rings is 1. The predicted octanol–water partition coefficient (Wildman–Crippen LogP) is 0.279. The molecule has 1 amide bonds. The van der Waals surface area contributed by atoms with Crippen molar-refractivity contribution in [3.63, 3.8) is 0 Å². The van der Waals surface area contributed by atoms with E-state index in [0.29, 0.717) is 31.9 Å². The topological polar surface area (TPSA) is 102 Å². The summed E-state index contributed by atoms with van der Waals surface area (Å²) in [6.45, 7) is 2.38. The van der Waals surface area contributed by atoms with Crippen molar-refractivity contribution in [2.75, 3.05) is 46.5 Å². The first-order valence-corrected chi connectivity index (χ1v) is 10.2. The van der Waals surface area contributed by atoms with Crippen molar-refractivity contribution in [1.29, 1.82) is 0 Å². The molecule has 0 aliphatic carbocycles. The van der Waals surface area contributed by atoms with E-state index < -0.39 is 10.0 Å². The molecule has 1 unspecified atom stereocenters. The summed E-state index contributed by atoms with van der Waals surface area (Å²) >= 11 is 0. The number of likely N-dealkylation sites (tertiary alicyclic amines) is 1. The molecule has 8 nitrogen and oxygen atoms in total. The second-order valence-corrected chi connectivity index (χ2v) is 8.44. The van der Waals surface area contributed by atoms with Crippen LogP contribution in [0.1, 0.15) is 23.2 Å². The molecule has 2 aliphatic heterocycles. The Morgan fingerprint density at radius 1 is 1.27 bits per heavy atom. The SMILES string of the molecule is COc1ccc(C(=O)N2CCCC(N)C2)cc1S(=O)(=O)N1CCOCC1. The number of carbonyl (C=O) groups excluding carboxylic acids is 1. The van der Waals surface area contributed by atoms with E-state index in [2.05, 4.69) is 0 Å². The Kier molecular flexibility index (Phi) is 5.81. The molecule has 2 fully saturated rings. The minimum atomic E-state index is -3.77. The first kappa shape index (κ1) is 19.1. The average Bonchev–Trinajstić information content (AvgIpc) is 2.67. The second-order valence-electron chi connectivity index (χ2n) is 6.54. The number of ether oxygens (including phenoxy) is 2. The van der Waals surface area contributed by atoms with Gasteiger partial charge in [-0.3, -0.25) is 4.79 Å². The number of amides is 1. The zero-order valence-corrected chi connectivity index (χ0v) is 15.7. The summed E-state index contributed by atoms with van der Waals surface area (Å²) in [4.78, 5) is 14.5. The molecule has 0 aromatic heterocycles. The minimum absolute atomic E-state index is 0.00839. The second kappa shape index (κ2) is 7.91. The van der Waals surface area contributed by atoms with Crippen molar-refractivity contribution >= 4 is 15.9 Å². The third-order valence-corrected chi connectivity index (χ3v) is 6.66. The summed E-state index contributed by atoms with van der Waals surface area (Å²) in [5, 5.41) is 0. The summed E-state index contributed by atoms with van der Waals surface area (Å²) < 4.78 is 37.9. The first-order valence-electron chi connectivity index (χ1n) is 8.74. The van der Waals surface area contributed by atoms with Crippen molar-refractivity contribution in [2.45, 2.75) is 23.8 Å². The van der Waals surface area contributed by atoms with Crippen LogP contribution in [0.2, 0.25) is 0 Å². The third kappa shape index (κ3) is 3.85. The van der Waals surface area contributed by atoms with Gasteiger partial charge in [0.15, 0.2) is 0 Å². The monoisotopic (exact) mass is 383 g/mol. The van der Waals surface area contributed by atoms with Crippen LogP contribution in [0.4, 0.5) is 0 Å². The van der Waals surface area contributed by atoms with Gasteiger partial charge < -0.3 is 20.1 Å². The van der Waals surface area contributed by atoms with Crippen molar-refractivity contribution in [3.05, 3.63) is 23.8 Å². The molecule has 1 aromatic carbocycles. The van der Waals surface area contributed by atoms with Gasteiger partial charge in [0.25, 0.3) is 5.91 Å². The van der Waals surface area contributed by atoms with Crippen molar-refractivity contribution in [2.24, 2.45) is 5.73 Å². The number of nitrogens with zero attached hydrogens (tertiary/aromatic N) is 2. The molecule has 2 N–H and O–H groups in total. The van der Waals surface area contributed by atoms with E-state index >= 15 is 0 Å². The van der Waals surface area contributed by atoms with E-state index in [0.717, 1.165) is 12.8 Å². The lowest BCUT2D eigenvalue weighted by Crippen LogP contribution is -2.45. The lowest BCUT2D eigenvalue weighted by Gasteiger charge is -2.31. The van der Waals surface area contributed by atoms with E-state index in [1.54, 1.807) is 11.0 Å². The molecule has 2 heterocycles. The van der Waals surface area contributed by atoms with E-state index in [4.69, 9.17) is 15.2 Å². The van der Waals surface area contributed by atoms with Crippen LogP contribution in [-0.4, -0.2) is 76.1 Å². The highest BCUT2D eigenvalue weighted by Gasteiger charge is 2.31. The lowest BCUT2D eigenvalue weighted by molar-refractivity contribution is 0.0707. The smallest absolute Gasteiger partial charge is 0.253 e. The Morgan fingerprint density at radius 2 is 2.00 bits per heavy atom. The largest absolute Gasteiger partial charge is 0.495 e. The quantitative estimate of drug-likeness (QED) is 0.801. The lowest BCUT2D eigenvalue weighted by atomic mass is 10.1. The fourth-order valence-corrected chi connectivity index (χ4v) is 4.90. The molecule has 9 heteroatoms. The molecule has 144 valence electrons. The first-order chi connectivity index (χ1) is 12.4. The molecule has 2 aliphatic rings. The Hall–Kier alpha value is -1.68. The van der Waals surface area contributed by atoms with Crippen molar-refractivity contribution in [3.8, 4) is 5.75 Å². The third-order valence-electron chi connectivity index (χ3n) is 4.74. The normalized spacial score (nSPS) is 22.2. The molecular weight excluding hydrogens is 358 g/mol. The molecule has 3 rings (SSSR count). The van der Waals surface area contributed by atoms with Gasteiger partial charge in [0.1, 0.15) is 10.6 Å². The van der Waals surface area contributed by atoms with Gasteiger partial charge in [-0.1, -0.05) is 0 Å². The molecule has 0 bridgehead atoms. The van der Waals surface area contributed by atoms with Crippen LogP contribution in [0.15, 0.2) is 23.1 Å². The fourth-order valence-electron chi connectivity index (χ4n) is 3.31. The van der Waals surface area contributed by atoms with E-state index in [1.165, 1.54) is 23.5 Å². The molecular formula is C17H25N3O5S. The minimum Gasteiger partial charge on any atom is -0.495 e. The predicted molar refractivity (Wildman–Crippen MR) is 95.7 cm³/mol. The number of hydrogen-bond acceptors (Lipinski definition) is 6. The summed E-state index contributed by atoms with van der Waals surface area (Å²) in [5.74, 6) is 0.0182. The number of piperidine rings is 1. The van der Waals surface area contributed by atoms with E-state index in [-0.39, 0.29) is 35.7 Å². The van der Waals surface area contributed by atoms with Gasteiger partial charge in [0, 0.05) is 37.8 Å². The Balaban J connectivity index is 1.92. The maximum atomic E-state index is 13.0. The van der Waals surface area contributed by atoms with Crippen molar-refractivity contribution in [1.82, 2.24) is 9.21 Å². The number of methoxy groups -OCH3 is 1. The van der Waals surface area contributed by atoms with Gasteiger partial charge in [0.2, 0.25) is 10.0 Å². The number of morpholine rings is 1. The van der Waals surface area contributed by atoms with Crippen LogP contribution >= 0.6 is 0 Å². The van der Waals surface area contributed by atoms with Gasteiger partial charge >= 0.3 is 0 Å². The standard InChI is InChI=1S/C17H25N3O5S/c1-24-15-5-4-13(17(21)19-6-2-3-14(18)12-19)11-16(15)26(22,23)20-7-9-25-10-8-20/h4-5,11,14H,2-3,6-10,12,18H2,1H3. The summed E-state index contributed by atoms with van der Waals surface area (Å²) in [6, 6.07) is 4.50. The molecule has 0 saturated carbocycles. The molecule has 1 aromatic rings. The number of carbonyl (C=O) groups is 1. The summed E-state index contributed by atoms with van der Waals surface area (Å²) in [6.07, 6.45) is 1.74. The maximum absolute atomic E-state index is 13.0. The number of nitrogens with two attached hydrogens (primary N) is 1. The Morgan fingerprint density at radius 3 is 2.65 bits per heavy atom. The van der Waals surface area contributed by atoms with Gasteiger partial charge in [-0.2, -0.15) is 4.31 Å². The molecule has 26 heavy (non-hydrogen) atoms. The van der Waals surface area contributed by atoms with Crippen LogP contribution in [0.3, 0.4) is 0 Å². The van der Waals surface area contributed by atoms with Gasteiger partial charge in [0.05, 0.1) is 20.3 Å². The van der Waals surface area contributed by atoms with Gasteiger partial charge in [-0.05, 0) is 31.0 Å². The number of rotatable bonds is 4. The van der Waals surface area contributed by atoms with Crippen LogP contribution in [-0.2, 0) is 14.8 Å². The average molecular weight is 383 g/mol. The number of sulfonamides is 1. The highest BCUT2D eigenvalue weighted by atomic mass is 32.2. The molecule has 0 radical (unpaired) electrons. The highest BCUT2D eigenvalue weighted by molar-refractivity contribution is 7.89. The summed E-state index contributed by atoms with van der Waals surface area (Å²) in [5.41, 5.74) is 6.28. The van der Waals surface area contributed by atoms with Crippen LogP contribution in [0.5, 0.6) is 5.75 Å². The van der Waals surface area contributed by atoms with Gasteiger partial charge in [-0.15, -0.1) is 0 Å². The molecule has 0 spiro atoms. The van der Waals surface area contributed by atoms with Crippen LogP contribution < -0.4 is 10.5 Å². The fraction of sp³-hybridized carbons (Fsp3) is 0.588. The van der Waals surface area contributed by atoms with E-state index in [9.17, 15) is 13.2 Å². The van der Waals surface area contributed by atoms with E-state index in [1.807, 2.05) is 0 Å². The highest BCUT2D eigenvalue weighted by Crippen LogP contribution is 2.29. The Bertz CT molecular complexity index is 762. The molecule has 1 atom stereocenters.